The first-order valence-electron chi connectivity index (χ1n) is 39.2. The van der Waals surface area contributed by atoms with E-state index in [0.717, 1.165) is 161 Å². The van der Waals surface area contributed by atoms with Gasteiger partial charge in [0.15, 0.2) is 11.4 Å². The highest BCUT2D eigenvalue weighted by molar-refractivity contribution is 6.30. The summed E-state index contributed by atoms with van der Waals surface area (Å²) in [4.78, 5) is 61.9. The molecular weight excluding hydrogens is 1570 g/mol. The second-order valence-corrected chi connectivity index (χ2v) is 30.2. The molecular formula is C96H87ClN24O3. The minimum Gasteiger partial charge on any atom is -0.399 e. The third kappa shape index (κ3) is 17.0. The number of aromatic nitrogens is 15. The van der Waals surface area contributed by atoms with Crippen LogP contribution in [0.3, 0.4) is 0 Å². The van der Waals surface area contributed by atoms with Gasteiger partial charge in [0.1, 0.15) is 58.2 Å². The fraction of sp³-hybridized carbons (Fsp3) is 0.135. The number of nitrogens with two attached hydrogens (primary N) is 6. The zero-order valence-electron chi connectivity index (χ0n) is 67.9. The van der Waals surface area contributed by atoms with Gasteiger partial charge in [-0.1, -0.05) is 79.7 Å². The number of hydrogen-bond acceptors (Lipinski definition) is 19. The number of halogens is 1. The number of rotatable bonds is 12. The molecule has 20 aromatic rings. The second-order valence-electron chi connectivity index (χ2n) is 29.7. The van der Waals surface area contributed by atoms with Gasteiger partial charge in [-0.2, -0.15) is 0 Å². The van der Waals surface area contributed by atoms with E-state index in [1.807, 2.05) is 223 Å². The van der Waals surface area contributed by atoms with E-state index in [9.17, 15) is 15.0 Å². The summed E-state index contributed by atoms with van der Waals surface area (Å²) in [6.45, 7) is 27.3. The third-order valence-corrected chi connectivity index (χ3v) is 21.7. The van der Waals surface area contributed by atoms with E-state index in [4.69, 9.17) is 59.1 Å². The zero-order chi connectivity index (χ0) is 86.0. The minimum absolute atomic E-state index is 0. The van der Waals surface area contributed by atoms with Crippen molar-refractivity contribution in [2.45, 2.75) is 88.4 Å². The summed E-state index contributed by atoms with van der Waals surface area (Å²) in [5, 5.41) is 32.4. The maximum atomic E-state index is 11.3. The number of nitrogen functional groups attached to an aromatic ring is 6. The maximum Gasteiger partial charge on any atom is 0.221 e. The van der Waals surface area contributed by atoms with Crippen LogP contribution in [0.1, 0.15) is 76.9 Å². The lowest BCUT2D eigenvalue weighted by Crippen LogP contribution is -2.08. The van der Waals surface area contributed by atoms with Crippen LogP contribution in [-0.2, 0) is 44.2 Å². The Labute approximate surface area is 717 Å². The molecule has 10 aromatic heterocycles. The smallest absolute Gasteiger partial charge is 0.221 e. The molecule has 0 unspecified atom stereocenters. The predicted molar refractivity (Wildman–Crippen MR) is 499 cm³/mol. The van der Waals surface area contributed by atoms with Crippen LogP contribution in [-0.4, -0.2) is 88.8 Å². The molecule has 0 saturated carbocycles. The number of nitrogens with zero attached hydrogens (tertiary/aromatic N) is 17. The van der Waals surface area contributed by atoms with Crippen LogP contribution in [0, 0.1) is 47.8 Å². The number of hydrogen-bond donors (Lipinski definition) is 9. The number of anilines is 7. The van der Waals surface area contributed by atoms with Gasteiger partial charge in [-0.15, -0.1) is 0 Å². The average molecular weight is 1660 g/mol. The highest BCUT2D eigenvalue weighted by Crippen LogP contribution is 2.37. The largest absolute Gasteiger partial charge is 0.399 e. The number of aryl methyl sites for hydroxylation is 5. The van der Waals surface area contributed by atoms with E-state index in [-0.39, 0.29) is 26.5 Å². The molecule has 10 aromatic carbocycles. The number of carbonyl (C=O) groups excluding carboxylic acids is 1. The molecule has 15 N–H and O–H groups in total. The van der Waals surface area contributed by atoms with Crippen molar-refractivity contribution in [2.75, 3.05) is 39.7 Å². The number of aliphatic hydroxyl groups is 2. The second kappa shape index (κ2) is 35.2. The normalized spacial score (nSPS) is 11.1. The molecule has 10 heterocycles. The molecule has 0 bridgehead atoms. The topological polar surface area (TPSA) is 388 Å². The van der Waals surface area contributed by atoms with Crippen molar-refractivity contribution in [3.8, 4) is 5.69 Å². The zero-order valence-corrected chi connectivity index (χ0v) is 68.7. The molecule has 0 aliphatic heterocycles. The van der Waals surface area contributed by atoms with Crippen molar-refractivity contribution in [3.05, 3.63) is 322 Å². The van der Waals surface area contributed by atoms with E-state index in [1.54, 1.807) is 12.1 Å². The van der Waals surface area contributed by atoms with Crippen molar-refractivity contribution in [1.82, 2.24) is 72.7 Å². The summed E-state index contributed by atoms with van der Waals surface area (Å²) >= 11 is 5.95. The Morgan fingerprint density at radius 3 is 1.07 bits per heavy atom. The van der Waals surface area contributed by atoms with E-state index < -0.39 is 0 Å². The summed E-state index contributed by atoms with van der Waals surface area (Å²) < 4.78 is 10.6. The SMILES string of the molecule is C.CC(=O)Nc1ccc(Cn2ccc3c4c(N)nc(C)nc4ccc32)c(CO)c1.Cc1nc(N)c2c(ccc3c2ccn3Cc2cc(N)ccc2CO)n1.Cc1nc(N)c2c(ccc3c2ccn3Cc2ccc(Cl)cc2)n1.[C-]#[N+]c1ccc(-n2ccc3c4c(N)nc(C)nc4ccc32)cc1.[C-]#[N+]c1ccc(Cn2ccc3c4c(N)nc(C)nc4ccc32)cc1. The van der Waals surface area contributed by atoms with E-state index in [0.29, 0.717) is 94.1 Å². The highest BCUT2D eigenvalue weighted by Gasteiger charge is 2.19. The molecule has 0 saturated heterocycles. The maximum absolute atomic E-state index is 11.3. The van der Waals surface area contributed by atoms with Gasteiger partial charge in [-0.05, 0) is 208 Å². The van der Waals surface area contributed by atoms with E-state index in [1.165, 1.54) is 12.5 Å². The summed E-state index contributed by atoms with van der Waals surface area (Å²) in [5.74, 6) is 5.72. The first-order chi connectivity index (χ1) is 59.5. The van der Waals surface area contributed by atoms with Gasteiger partial charge < -0.3 is 72.8 Å². The molecule has 124 heavy (non-hydrogen) atoms. The van der Waals surface area contributed by atoms with Gasteiger partial charge in [0.05, 0.1) is 86.4 Å². The number of fused-ring (bicyclic) bond motifs is 15. The molecule has 0 aliphatic carbocycles. The summed E-state index contributed by atoms with van der Waals surface area (Å²) in [6, 6.07) is 64.5. The lowest BCUT2D eigenvalue weighted by atomic mass is 10.1. The number of aliphatic hydroxyl groups excluding tert-OH is 2. The Kier molecular flexibility index (Phi) is 23.6. The third-order valence-electron chi connectivity index (χ3n) is 21.4. The lowest BCUT2D eigenvalue weighted by Gasteiger charge is -2.13. The van der Waals surface area contributed by atoms with Crippen molar-refractivity contribution in [3.63, 3.8) is 0 Å². The van der Waals surface area contributed by atoms with Crippen LogP contribution in [0.15, 0.2) is 231 Å². The highest BCUT2D eigenvalue weighted by atomic mass is 35.5. The van der Waals surface area contributed by atoms with Crippen molar-refractivity contribution in [1.29, 1.82) is 0 Å². The van der Waals surface area contributed by atoms with Crippen LogP contribution in [0.2, 0.25) is 5.02 Å². The number of nitrogens with one attached hydrogen (secondary N) is 1. The molecule has 27 nitrogen and oxygen atoms in total. The molecule has 0 fully saturated rings. The molecule has 0 spiro atoms. The average Bonchev–Trinajstić information content (AvgIpc) is 1.59. The van der Waals surface area contributed by atoms with Crippen LogP contribution in [0.5, 0.6) is 0 Å². The quantitative estimate of drug-likeness (QED) is 0.0405. The van der Waals surface area contributed by atoms with Crippen molar-refractivity contribution >= 4 is 178 Å². The Balaban J connectivity index is 0.000000120. The summed E-state index contributed by atoms with van der Waals surface area (Å²) in [5.41, 5.74) is 55.7. The van der Waals surface area contributed by atoms with Crippen LogP contribution < -0.4 is 39.7 Å². The molecule has 1 amide bonds. The Hall–Kier alpha value is -15.9. The van der Waals surface area contributed by atoms with Gasteiger partial charge >= 0.3 is 0 Å². The first kappa shape index (κ1) is 83.1. The Morgan fingerprint density at radius 1 is 0.371 bits per heavy atom. The Bertz CT molecular complexity index is 7610. The number of benzene rings is 10. The van der Waals surface area contributed by atoms with Gasteiger partial charge in [0, 0.05) is 135 Å². The molecule has 0 atom stereocenters. The predicted octanol–water partition coefficient (Wildman–Crippen LogP) is 18.5. The summed E-state index contributed by atoms with van der Waals surface area (Å²) in [6.07, 6.45) is 10.1. The number of amides is 1. The lowest BCUT2D eigenvalue weighted by molar-refractivity contribution is -0.114. The van der Waals surface area contributed by atoms with Gasteiger partial charge in [0.2, 0.25) is 5.91 Å². The van der Waals surface area contributed by atoms with E-state index in [2.05, 4.69) is 118 Å². The molecule has 0 radical (unpaired) electrons. The molecule has 0 aliphatic rings. The monoisotopic (exact) mass is 1660 g/mol. The molecule has 616 valence electrons. The van der Waals surface area contributed by atoms with Gasteiger partial charge in [-0.25, -0.2) is 59.5 Å². The van der Waals surface area contributed by atoms with E-state index >= 15 is 0 Å². The molecule has 20 rings (SSSR count). The van der Waals surface area contributed by atoms with Crippen molar-refractivity contribution < 1.29 is 15.0 Å². The fourth-order valence-electron chi connectivity index (χ4n) is 15.9. The van der Waals surface area contributed by atoms with Gasteiger partial charge in [-0.3, -0.25) is 4.79 Å². The standard InChI is InChI=1S/C21H21N5O2.C19H19N5O.C19H15N5.C18H15ClN4.C18H13N5.CH4/c1-12-23-18-5-6-19-17(20(18)21(22)24-12)7-8-26(19)10-14-3-4-16(25-13(2)28)9-15(14)11-27;1-11-22-16-4-5-17-15(18(16)19(21)23-11)6-7-24(17)9-13-8-14(20)3-2-12(13)10-25;1-12-22-16-7-8-17-15(18(16)19(20)23-12)9-10-24(17)11-13-3-5-14(21-2)6-4-13;1-11-21-15-6-7-16-14(17(15)18(20)22-11)8-9-23(16)10-12-2-4-13(19)5-3-12;1-11-21-15-7-8-16-14(17(15)18(19)22-11)9-10-23(16)13-5-3-12(20-2)4-6-13;/h3-9,27H,10-11H2,1-2H3,(H,25,28)(H2,22,23,24);2-8,25H,9-10,20H2,1H3,(H2,21,22,23);3-10H,11H2,1H3,(H2,20,22,23);2-9H,10H2,1H3,(H2,20,21,22);3-10H,1H3,(H2,19,21,22);1H4. The van der Waals surface area contributed by atoms with Crippen LogP contribution in [0.25, 0.3) is 124 Å². The minimum atomic E-state index is -0.144. The summed E-state index contributed by atoms with van der Waals surface area (Å²) in [7, 11) is 0. The number of carbonyl (C=O) groups is 1. The van der Waals surface area contributed by atoms with Gasteiger partial charge in [0.25, 0.3) is 0 Å². The first-order valence-corrected chi connectivity index (χ1v) is 39.6. The van der Waals surface area contributed by atoms with Crippen molar-refractivity contribution in [2.24, 2.45) is 0 Å². The van der Waals surface area contributed by atoms with Crippen LogP contribution in [0.4, 0.5) is 51.8 Å². The van der Waals surface area contributed by atoms with Crippen LogP contribution >= 0.6 is 11.6 Å². The molecule has 28 heteroatoms. The Morgan fingerprint density at radius 2 is 0.702 bits per heavy atom. The fourth-order valence-corrected chi connectivity index (χ4v) is 16.0.